The zero-order chi connectivity index (χ0) is 16.7. The van der Waals surface area contributed by atoms with Gasteiger partial charge >= 0.3 is 0 Å². The largest absolute Gasteiger partial charge is 0.338 e. The van der Waals surface area contributed by atoms with E-state index < -0.39 is 0 Å². The molecule has 0 bridgehead atoms. The molecule has 3 aromatic rings. The number of benzene rings is 1. The fraction of sp³-hybridized carbons (Fsp3) is 0.333. The molecule has 6 heteroatoms. The van der Waals surface area contributed by atoms with Crippen molar-refractivity contribution in [2.75, 3.05) is 13.1 Å². The zero-order valence-electron chi connectivity index (χ0n) is 13.5. The van der Waals surface area contributed by atoms with Crippen LogP contribution >= 0.6 is 22.9 Å². The molecule has 4 rings (SSSR count). The lowest BCUT2D eigenvalue weighted by molar-refractivity contribution is 0.0729. The molecule has 1 amide bonds. The zero-order valence-corrected chi connectivity index (χ0v) is 15.0. The summed E-state index contributed by atoms with van der Waals surface area (Å²) in [5, 5.41) is 6.36. The van der Waals surface area contributed by atoms with Gasteiger partial charge in [-0.15, -0.1) is 11.3 Å². The van der Waals surface area contributed by atoms with Crippen LogP contribution in [0.15, 0.2) is 30.3 Å². The van der Waals surface area contributed by atoms with Crippen LogP contribution in [0.1, 0.15) is 28.9 Å². The van der Waals surface area contributed by atoms with Crippen molar-refractivity contribution in [1.82, 2.24) is 14.7 Å². The summed E-state index contributed by atoms with van der Waals surface area (Å²) in [5.74, 6) is 0.151. The number of piperidine rings is 1. The van der Waals surface area contributed by atoms with E-state index in [1.807, 2.05) is 47.0 Å². The van der Waals surface area contributed by atoms with E-state index in [9.17, 15) is 4.79 Å². The van der Waals surface area contributed by atoms with Gasteiger partial charge in [0.15, 0.2) is 0 Å². The number of halogens is 1. The number of likely N-dealkylation sites (tertiary alicyclic amines) is 1. The van der Waals surface area contributed by atoms with Gasteiger partial charge in [0.05, 0.1) is 4.88 Å². The number of rotatable bonds is 2. The van der Waals surface area contributed by atoms with E-state index in [4.69, 9.17) is 11.6 Å². The number of aryl methyl sites for hydroxylation is 1. The minimum Gasteiger partial charge on any atom is -0.338 e. The Kier molecular flexibility index (Phi) is 4.06. The van der Waals surface area contributed by atoms with E-state index in [1.54, 1.807) is 0 Å². The highest BCUT2D eigenvalue weighted by Gasteiger charge is 2.22. The van der Waals surface area contributed by atoms with E-state index in [-0.39, 0.29) is 5.91 Å². The van der Waals surface area contributed by atoms with Gasteiger partial charge in [0.25, 0.3) is 5.91 Å². The highest BCUT2D eigenvalue weighted by atomic mass is 35.5. The standard InChI is InChI=1S/C18H18ClN3OS/c1-21-18-14(16(20-21)12-5-7-13(19)8-6-12)11-15(24-18)17(23)22-9-3-2-4-10-22/h5-8,11H,2-4,9-10H2,1H3. The molecule has 1 saturated heterocycles. The van der Waals surface area contributed by atoms with E-state index in [0.717, 1.165) is 52.3 Å². The fourth-order valence-corrected chi connectivity index (χ4v) is 4.39. The first kappa shape index (κ1) is 15.7. The van der Waals surface area contributed by atoms with Crippen LogP contribution in [0.4, 0.5) is 0 Å². The minimum absolute atomic E-state index is 0.151. The molecule has 0 radical (unpaired) electrons. The lowest BCUT2D eigenvalue weighted by Gasteiger charge is -2.26. The van der Waals surface area contributed by atoms with Gasteiger partial charge in [-0.05, 0) is 37.5 Å². The summed E-state index contributed by atoms with van der Waals surface area (Å²) in [4.78, 5) is 16.6. The van der Waals surface area contributed by atoms with Crippen LogP contribution in [0.25, 0.3) is 21.5 Å². The molecule has 1 aliphatic heterocycles. The summed E-state index contributed by atoms with van der Waals surface area (Å²) in [6.07, 6.45) is 3.43. The van der Waals surface area contributed by atoms with Crippen LogP contribution in [-0.2, 0) is 7.05 Å². The molecule has 4 nitrogen and oxygen atoms in total. The molecule has 0 saturated carbocycles. The third-order valence-electron chi connectivity index (χ3n) is 4.48. The summed E-state index contributed by atoms with van der Waals surface area (Å²) < 4.78 is 1.86. The third kappa shape index (κ3) is 2.72. The molecule has 0 N–H and O–H groups in total. The van der Waals surface area contributed by atoms with Gasteiger partial charge in [-0.2, -0.15) is 5.10 Å². The van der Waals surface area contributed by atoms with Crippen molar-refractivity contribution in [2.45, 2.75) is 19.3 Å². The number of amides is 1. The molecule has 1 fully saturated rings. The van der Waals surface area contributed by atoms with Crippen molar-refractivity contribution >= 4 is 39.1 Å². The van der Waals surface area contributed by atoms with Crippen LogP contribution in [-0.4, -0.2) is 33.7 Å². The molecule has 0 aliphatic carbocycles. The highest BCUT2D eigenvalue weighted by Crippen LogP contribution is 2.34. The molecule has 24 heavy (non-hydrogen) atoms. The molecule has 0 spiro atoms. The normalized spacial score (nSPS) is 15.2. The van der Waals surface area contributed by atoms with E-state index in [1.165, 1.54) is 17.8 Å². The van der Waals surface area contributed by atoms with Gasteiger partial charge in [-0.25, -0.2) is 0 Å². The van der Waals surface area contributed by atoms with E-state index in [2.05, 4.69) is 5.10 Å². The molecular formula is C18H18ClN3OS. The number of hydrogen-bond acceptors (Lipinski definition) is 3. The number of fused-ring (bicyclic) bond motifs is 1. The Morgan fingerprint density at radius 3 is 2.58 bits per heavy atom. The van der Waals surface area contributed by atoms with Crippen molar-refractivity contribution in [2.24, 2.45) is 7.05 Å². The van der Waals surface area contributed by atoms with Gasteiger partial charge in [-0.1, -0.05) is 23.7 Å². The Labute approximate surface area is 149 Å². The lowest BCUT2D eigenvalue weighted by Crippen LogP contribution is -2.35. The maximum Gasteiger partial charge on any atom is 0.264 e. The summed E-state index contributed by atoms with van der Waals surface area (Å²) in [6, 6.07) is 9.66. The predicted molar refractivity (Wildman–Crippen MR) is 98.8 cm³/mol. The van der Waals surface area contributed by atoms with Crippen LogP contribution in [0.5, 0.6) is 0 Å². The monoisotopic (exact) mass is 359 g/mol. The molecule has 2 aromatic heterocycles. The number of nitrogens with zero attached hydrogens (tertiary/aromatic N) is 3. The predicted octanol–water partition coefficient (Wildman–Crippen LogP) is 4.58. The first-order valence-corrected chi connectivity index (χ1v) is 9.35. The molecule has 3 heterocycles. The van der Waals surface area contributed by atoms with Crippen LogP contribution < -0.4 is 0 Å². The van der Waals surface area contributed by atoms with Crippen molar-refractivity contribution in [1.29, 1.82) is 0 Å². The molecule has 0 atom stereocenters. The van der Waals surface area contributed by atoms with Gasteiger partial charge < -0.3 is 4.90 Å². The van der Waals surface area contributed by atoms with E-state index >= 15 is 0 Å². The Morgan fingerprint density at radius 2 is 1.88 bits per heavy atom. The third-order valence-corrected chi connectivity index (χ3v) is 5.93. The number of carbonyl (C=O) groups is 1. The number of hydrogen-bond donors (Lipinski definition) is 0. The van der Waals surface area contributed by atoms with Crippen molar-refractivity contribution in [3.63, 3.8) is 0 Å². The second kappa shape index (κ2) is 6.22. The quantitative estimate of drug-likeness (QED) is 0.671. The number of aromatic nitrogens is 2. The topological polar surface area (TPSA) is 38.1 Å². The van der Waals surface area contributed by atoms with Crippen molar-refractivity contribution in [3.05, 3.63) is 40.2 Å². The fourth-order valence-electron chi connectivity index (χ4n) is 3.22. The van der Waals surface area contributed by atoms with E-state index in [0.29, 0.717) is 5.02 Å². The average Bonchev–Trinajstić information content (AvgIpc) is 3.17. The smallest absolute Gasteiger partial charge is 0.264 e. The van der Waals surface area contributed by atoms with Crippen LogP contribution in [0.2, 0.25) is 5.02 Å². The molecular weight excluding hydrogens is 342 g/mol. The second-order valence-corrected chi connectivity index (χ2v) is 7.63. The summed E-state index contributed by atoms with van der Waals surface area (Å²) >= 11 is 7.51. The number of carbonyl (C=O) groups excluding carboxylic acids is 1. The maximum absolute atomic E-state index is 12.8. The summed E-state index contributed by atoms with van der Waals surface area (Å²) in [6.45, 7) is 1.74. The minimum atomic E-state index is 0.151. The summed E-state index contributed by atoms with van der Waals surface area (Å²) in [5.41, 5.74) is 1.91. The Hall–Kier alpha value is -1.85. The Balaban J connectivity index is 1.74. The Bertz CT molecular complexity index is 891. The first-order valence-electron chi connectivity index (χ1n) is 8.15. The highest BCUT2D eigenvalue weighted by molar-refractivity contribution is 7.20. The van der Waals surface area contributed by atoms with Gasteiger partial charge in [0, 0.05) is 36.1 Å². The average molecular weight is 360 g/mol. The number of thiophene rings is 1. The molecule has 1 aliphatic rings. The molecule has 1 aromatic carbocycles. The maximum atomic E-state index is 12.8. The van der Waals surface area contributed by atoms with Gasteiger partial charge in [0.2, 0.25) is 0 Å². The van der Waals surface area contributed by atoms with Crippen molar-refractivity contribution in [3.8, 4) is 11.3 Å². The Morgan fingerprint density at radius 1 is 1.17 bits per heavy atom. The molecule has 124 valence electrons. The lowest BCUT2D eigenvalue weighted by atomic mass is 10.1. The van der Waals surface area contributed by atoms with Crippen molar-refractivity contribution < 1.29 is 4.79 Å². The van der Waals surface area contributed by atoms with Crippen LogP contribution in [0, 0.1) is 0 Å². The van der Waals surface area contributed by atoms with Gasteiger partial charge in [0.1, 0.15) is 10.5 Å². The summed E-state index contributed by atoms with van der Waals surface area (Å²) in [7, 11) is 1.92. The second-order valence-electron chi connectivity index (χ2n) is 6.16. The SMILES string of the molecule is Cn1nc(-c2ccc(Cl)cc2)c2cc(C(=O)N3CCCCC3)sc21. The van der Waals surface area contributed by atoms with Crippen LogP contribution in [0.3, 0.4) is 0 Å². The first-order chi connectivity index (χ1) is 11.6. The molecule has 0 unspecified atom stereocenters. The van der Waals surface area contributed by atoms with Gasteiger partial charge in [-0.3, -0.25) is 9.48 Å².